The van der Waals surface area contributed by atoms with Gasteiger partial charge in [0.1, 0.15) is 5.82 Å². The summed E-state index contributed by atoms with van der Waals surface area (Å²) < 4.78 is 1.04. The van der Waals surface area contributed by atoms with Crippen molar-refractivity contribution in [2.24, 2.45) is 0 Å². The first-order chi connectivity index (χ1) is 6.72. The van der Waals surface area contributed by atoms with Crippen molar-refractivity contribution >= 4 is 34.4 Å². The second kappa shape index (κ2) is 5.79. The van der Waals surface area contributed by atoms with Gasteiger partial charge in [-0.1, -0.05) is 6.92 Å². The van der Waals surface area contributed by atoms with Crippen molar-refractivity contribution in [3.8, 4) is 0 Å². The number of nitrogens with one attached hydrogen (secondary N) is 2. The van der Waals surface area contributed by atoms with Gasteiger partial charge in [0.15, 0.2) is 0 Å². The summed E-state index contributed by atoms with van der Waals surface area (Å²) in [7, 11) is 0. The van der Waals surface area contributed by atoms with Crippen molar-refractivity contribution in [2.75, 3.05) is 11.9 Å². The lowest BCUT2D eigenvalue weighted by atomic mass is 10.4. The van der Waals surface area contributed by atoms with E-state index in [2.05, 4.69) is 38.2 Å². The Balaban J connectivity index is 2.47. The van der Waals surface area contributed by atoms with E-state index in [-0.39, 0.29) is 6.03 Å². The lowest BCUT2D eigenvalue weighted by Gasteiger charge is -2.05. The van der Waals surface area contributed by atoms with Gasteiger partial charge >= 0.3 is 6.03 Å². The van der Waals surface area contributed by atoms with Gasteiger partial charge in [0.25, 0.3) is 0 Å². The Labute approximate surface area is 96.6 Å². The number of amides is 2. The molecule has 76 valence electrons. The van der Waals surface area contributed by atoms with Crippen LogP contribution >= 0.6 is 22.6 Å². The van der Waals surface area contributed by atoms with Crippen LogP contribution in [0.4, 0.5) is 10.6 Å². The molecule has 0 saturated heterocycles. The van der Waals surface area contributed by atoms with Crippen LogP contribution in [-0.4, -0.2) is 17.6 Å². The summed E-state index contributed by atoms with van der Waals surface area (Å²) in [5.74, 6) is 0.575. The van der Waals surface area contributed by atoms with E-state index in [4.69, 9.17) is 0 Å². The first-order valence-corrected chi connectivity index (χ1v) is 5.46. The minimum atomic E-state index is -0.207. The van der Waals surface area contributed by atoms with Crippen LogP contribution in [0.1, 0.15) is 13.3 Å². The number of urea groups is 1. The summed E-state index contributed by atoms with van der Waals surface area (Å²) in [6.07, 6.45) is 2.59. The van der Waals surface area contributed by atoms with Crippen LogP contribution in [-0.2, 0) is 0 Å². The van der Waals surface area contributed by atoms with Gasteiger partial charge in [-0.2, -0.15) is 0 Å². The number of aromatic nitrogens is 1. The summed E-state index contributed by atoms with van der Waals surface area (Å²) >= 11 is 2.17. The average Bonchev–Trinajstić information content (AvgIpc) is 2.15. The fourth-order valence-electron chi connectivity index (χ4n) is 0.872. The molecule has 0 spiro atoms. The van der Waals surface area contributed by atoms with Gasteiger partial charge < -0.3 is 5.32 Å². The van der Waals surface area contributed by atoms with Crippen LogP contribution < -0.4 is 10.6 Å². The molecule has 14 heavy (non-hydrogen) atoms. The number of nitrogens with zero attached hydrogens (tertiary/aromatic N) is 1. The predicted octanol–water partition coefficient (Wildman–Crippen LogP) is 2.22. The van der Waals surface area contributed by atoms with Gasteiger partial charge in [0.05, 0.1) is 0 Å². The zero-order valence-electron chi connectivity index (χ0n) is 7.88. The highest BCUT2D eigenvalue weighted by atomic mass is 127. The highest BCUT2D eigenvalue weighted by Gasteiger charge is 2.00. The Morgan fingerprint density at radius 2 is 2.43 bits per heavy atom. The van der Waals surface area contributed by atoms with Crippen LogP contribution in [0, 0.1) is 3.57 Å². The molecule has 2 amide bonds. The minimum Gasteiger partial charge on any atom is -0.338 e. The molecule has 5 heteroatoms. The van der Waals surface area contributed by atoms with Gasteiger partial charge in [-0.15, -0.1) is 0 Å². The highest BCUT2D eigenvalue weighted by molar-refractivity contribution is 14.1. The van der Waals surface area contributed by atoms with Crippen molar-refractivity contribution < 1.29 is 4.79 Å². The number of carbonyl (C=O) groups is 1. The second-order valence-corrected chi connectivity index (χ2v) is 3.99. The molecule has 0 atom stereocenters. The number of pyridine rings is 1. The van der Waals surface area contributed by atoms with E-state index in [0.717, 1.165) is 9.99 Å². The molecule has 1 rings (SSSR count). The van der Waals surface area contributed by atoms with Crippen LogP contribution in [0.5, 0.6) is 0 Å². The Kier molecular flexibility index (Phi) is 4.64. The van der Waals surface area contributed by atoms with E-state index in [1.54, 1.807) is 6.20 Å². The lowest BCUT2D eigenvalue weighted by molar-refractivity contribution is 0.252. The number of anilines is 1. The van der Waals surface area contributed by atoms with E-state index in [0.29, 0.717) is 12.4 Å². The molecule has 0 aliphatic heterocycles. The van der Waals surface area contributed by atoms with E-state index in [1.807, 2.05) is 19.1 Å². The molecule has 0 radical (unpaired) electrons. The predicted molar refractivity (Wildman–Crippen MR) is 64.3 cm³/mol. The zero-order chi connectivity index (χ0) is 10.4. The summed E-state index contributed by atoms with van der Waals surface area (Å²) in [6.45, 7) is 2.68. The summed E-state index contributed by atoms with van der Waals surface area (Å²) in [5, 5.41) is 5.36. The van der Waals surface area contributed by atoms with E-state index in [9.17, 15) is 4.79 Å². The second-order valence-electron chi connectivity index (χ2n) is 2.74. The van der Waals surface area contributed by atoms with Gasteiger partial charge in [0.2, 0.25) is 0 Å². The van der Waals surface area contributed by atoms with Crippen LogP contribution in [0.25, 0.3) is 0 Å². The fraction of sp³-hybridized carbons (Fsp3) is 0.333. The van der Waals surface area contributed by atoms with E-state index >= 15 is 0 Å². The molecule has 1 heterocycles. The third-order valence-electron chi connectivity index (χ3n) is 1.50. The Morgan fingerprint density at radius 1 is 1.64 bits per heavy atom. The summed E-state index contributed by atoms with van der Waals surface area (Å²) in [4.78, 5) is 15.2. The number of halogens is 1. The molecule has 4 nitrogen and oxygen atoms in total. The highest BCUT2D eigenvalue weighted by Crippen LogP contribution is 2.08. The Morgan fingerprint density at radius 3 is 3.07 bits per heavy atom. The molecule has 0 unspecified atom stereocenters. The van der Waals surface area contributed by atoms with Crippen LogP contribution in [0.2, 0.25) is 0 Å². The largest absolute Gasteiger partial charge is 0.338 e. The summed E-state index contributed by atoms with van der Waals surface area (Å²) in [5.41, 5.74) is 0. The third kappa shape index (κ3) is 3.91. The molecule has 0 aliphatic carbocycles. The molecule has 2 N–H and O–H groups in total. The number of hydrogen-bond donors (Lipinski definition) is 2. The van der Waals surface area contributed by atoms with Crippen molar-refractivity contribution in [2.45, 2.75) is 13.3 Å². The first-order valence-electron chi connectivity index (χ1n) is 4.38. The van der Waals surface area contributed by atoms with E-state index < -0.39 is 0 Å². The normalized spacial score (nSPS) is 9.57. The maximum atomic E-state index is 11.2. The minimum absolute atomic E-state index is 0.207. The van der Waals surface area contributed by atoms with Crippen LogP contribution in [0.15, 0.2) is 18.3 Å². The standard InChI is InChI=1S/C9H12IN3O/c1-2-4-12-9(14)13-8-6-7(10)3-5-11-8/h3,5-6H,2,4H2,1H3,(H2,11,12,13,14). The van der Waals surface area contributed by atoms with E-state index in [1.165, 1.54) is 0 Å². The molecule has 0 aliphatic rings. The molecular formula is C9H12IN3O. The van der Waals surface area contributed by atoms with Crippen molar-refractivity contribution in [1.29, 1.82) is 0 Å². The van der Waals surface area contributed by atoms with Crippen molar-refractivity contribution in [3.63, 3.8) is 0 Å². The molecule has 1 aromatic heterocycles. The topological polar surface area (TPSA) is 54.0 Å². The smallest absolute Gasteiger partial charge is 0.320 e. The fourth-order valence-corrected chi connectivity index (χ4v) is 1.33. The molecular weight excluding hydrogens is 293 g/mol. The van der Waals surface area contributed by atoms with Gasteiger partial charge in [-0.25, -0.2) is 9.78 Å². The zero-order valence-corrected chi connectivity index (χ0v) is 10.0. The maximum absolute atomic E-state index is 11.2. The van der Waals surface area contributed by atoms with Gasteiger partial charge in [-0.3, -0.25) is 5.32 Å². The molecule has 1 aromatic rings. The van der Waals surface area contributed by atoms with Gasteiger partial charge in [0, 0.05) is 16.3 Å². The van der Waals surface area contributed by atoms with Crippen molar-refractivity contribution in [1.82, 2.24) is 10.3 Å². The monoisotopic (exact) mass is 305 g/mol. The lowest BCUT2D eigenvalue weighted by Crippen LogP contribution is -2.29. The number of carbonyl (C=O) groups excluding carboxylic acids is 1. The Bertz CT molecular complexity index is 317. The quantitative estimate of drug-likeness (QED) is 0.841. The molecule has 0 fully saturated rings. The third-order valence-corrected chi connectivity index (χ3v) is 2.17. The van der Waals surface area contributed by atoms with Crippen molar-refractivity contribution in [3.05, 3.63) is 21.9 Å². The molecule has 0 saturated carbocycles. The molecule has 0 bridgehead atoms. The van der Waals surface area contributed by atoms with Gasteiger partial charge in [-0.05, 0) is 41.1 Å². The molecule has 0 aromatic carbocycles. The van der Waals surface area contributed by atoms with Crippen LogP contribution in [0.3, 0.4) is 0 Å². The number of rotatable bonds is 3. The first kappa shape index (κ1) is 11.2. The Hall–Kier alpha value is -0.850. The SMILES string of the molecule is CCCNC(=O)Nc1cc(I)ccn1. The summed E-state index contributed by atoms with van der Waals surface area (Å²) in [6, 6.07) is 3.48. The number of hydrogen-bond acceptors (Lipinski definition) is 2. The maximum Gasteiger partial charge on any atom is 0.320 e. The average molecular weight is 305 g/mol.